The van der Waals surface area contributed by atoms with Crippen LogP contribution in [0.4, 0.5) is 0 Å². The van der Waals surface area contributed by atoms with Crippen LogP contribution >= 0.6 is 0 Å². The van der Waals surface area contributed by atoms with E-state index < -0.39 is 0 Å². The van der Waals surface area contributed by atoms with Gasteiger partial charge in [0.1, 0.15) is 0 Å². The molecule has 1 saturated heterocycles. The summed E-state index contributed by atoms with van der Waals surface area (Å²) in [6.07, 6.45) is 6.47. The number of hydrogen-bond acceptors (Lipinski definition) is 2. The van der Waals surface area contributed by atoms with Crippen molar-refractivity contribution in [1.82, 2.24) is 4.90 Å². The third kappa shape index (κ3) is 3.01. The van der Waals surface area contributed by atoms with Gasteiger partial charge in [-0.25, -0.2) is 0 Å². The van der Waals surface area contributed by atoms with Gasteiger partial charge in [-0.05, 0) is 51.4 Å². The summed E-state index contributed by atoms with van der Waals surface area (Å²) < 4.78 is 0. The van der Waals surface area contributed by atoms with Gasteiger partial charge in [-0.3, -0.25) is 4.79 Å². The highest BCUT2D eigenvalue weighted by atomic mass is 16.2. The van der Waals surface area contributed by atoms with Crippen LogP contribution in [0.25, 0.3) is 0 Å². The molecule has 0 aromatic heterocycles. The Labute approximate surface area is 105 Å². The summed E-state index contributed by atoms with van der Waals surface area (Å²) in [4.78, 5) is 14.6. The molecular weight excluding hydrogens is 212 g/mol. The molecule has 2 N–H and O–H groups in total. The second-order valence-corrected chi connectivity index (χ2v) is 6.13. The second-order valence-electron chi connectivity index (χ2n) is 6.13. The molecule has 2 unspecified atom stereocenters. The lowest BCUT2D eigenvalue weighted by Crippen LogP contribution is -2.48. The monoisotopic (exact) mass is 238 g/mol. The molecule has 1 aliphatic heterocycles. The minimum atomic E-state index is 0.252. The summed E-state index contributed by atoms with van der Waals surface area (Å²) in [5.41, 5.74) is 5.90. The Kier molecular flexibility index (Phi) is 4.08. The number of nitrogens with zero attached hydrogens (tertiary/aromatic N) is 1. The van der Waals surface area contributed by atoms with Crippen molar-refractivity contribution in [3.05, 3.63) is 0 Å². The Balaban J connectivity index is 1.94. The summed E-state index contributed by atoms with van der Waals surface area (Å²) in [6.45, 7) is 5.41. The van der Waals surface area contributed by atoms with E-state index in [-0.39, 0.29) is 5.92 Å². The van der Waals surface area contributed by atoms with E-state index in [1.54, 1.807) is 0 Å². The SMILES string of the molecule is CC1CCC(C)N(C(=O)C2CCC(N)CC2)C1. The number of piperidine rings is 1. The number of nitrogens with two attached hydrogens (primary N) is 1. The van der Waals surface area contributed by atoms with Crippen LogP contribution in [0.3, 0.4) is 0 Å². The van der Waals surface area contributed by atoms with Gasteiger partial charge in [-0.2, -0.15) is 0 Å². The predicted octanol–water partition coefficient (Wildman–Crippen LogP) is 2.15. The van der Waals surface area contributed by atoms with Gasteiger partial charge in [-0.1, -0.05) is 6.92 Å². The minimum absolute atomic E-state index is 0.252. The molecule has 3 heteroatoms. The third-order valence-corrected chi connectivity index (χ3v) is 4.52. The predicted molar refractivity (Wildman–Crippen MR) is 69.5 cm³/mol. The van der Waals surface area contributed by atoms with Crippen LogP contribution in [0, 0.1) is 11.8 Å². The average molecular weight is 238 g/mol. The van der Waals surface area contributed by atoms with Gasteiger partial charge in [0, 0.05) is 24.5 Å². The lowest BCUT2D eigenvalue weighted by atomic mass is 9.84. The van der Waals surface area contributed by atoms with E-state index in [0.29, 0.717) is 23.9 Å². The smallest absolute Gasteiger partial charge is 0.225 e. The first-order valence-electron chi connectivity index (χ1n) is 7.14. The molecule has 98 valence electrons. The van der Waals surface area contributed by atoms with Crippen LogP contribution in [0.5, 0.6) is 0 Å². The molecule has 2 rings (SSSR count). The van der Waals surface area contributed by atoms with Crippen LogP contribution in [0.2, 0.25) is 0 Å². The number of rotatable bonds is 1. The molecule has 2 atom stereocenters. The van der Waals surface area contributed by atoms with Gasteiger partial charge < -0.3 is 10.6 Å². The fraction of sp³-hybridized carbons (Fsp3) is 0.929. The Morgan fingerprint density at radius 3 is 2.35 bits per heavy atom. The lowest BCUT2D eigenvalue weighted by molar-refractivity contribution is -0.141. The van der Waals surface area contributed by atoms with E-state index in [2.05, 4.69) is 18.7 Å². The number of hydrogen-bond donors (Lipinski definition) is 1. The van der Waals surface area contributed by atoms with Crippen molar-refractivity contribution in [3.8, 4) is 0 Å². The highest BCUT2D eigenvalue weighted by molar-refractivity contribution is 5.79. The quantitative estimate of drug-likeness (QED) is 0.761. The van der Waals surface area contributed by atoms with Crippen LogP contribution < -0.4 is 5.73 Å². The zero-order chi connectivity index (χ0) is 12.4. The molecule has 0 radical (unpaired) electrons. The Hall–Kier alpha value is -0.570. The van der Waals surface area contributed by atoms with E-state index in [0.717, 1.165) is 32.2 Å². The van der Waals surface area contributed by atoms with Crippen LogP contribution in [0.1, 0.15) is 52.4 Å². The number of carbonyl (C=O) groups excluding carboxylic acids is 1. The first-order chi connectivity index (χ1) is 8.08. The standard InChI is InChI=1S/C14H26N2O/c1-10-3-4-11(2)16(9-10)14(17)12-5-7-13(15)8-6-12/h10-13H,3-9,15H2,1-2H3. The van der Waals surface area contributed by atoms with E-state index in [1.165, 1.54) is 12.8 Å². The Morgan fingerprint density at radius 2 is 1.71 bits per heavy atom. The summed E-state index contributed by atoms with van der Waals surface area (Å²) in [7, 11) is 0. The van der Waals surface area contributed by atoms with Crippen LogP contribution in [-0.4, -0.2) is 29.4 Å². The Bertz CT molecular complexity index is 271. The molecule has 17 heavy (non-hydrogen) atoms. The minimum Gasteiger partial charge on any atom is -0.339 e. The summed E-state index contributed by atoms with van der Waals surface area (Å²) in [5.74, 6) is 1.32. The van der Waals surface area contributed by atoms with Crippen molar-refractivity contribution in [2.24, 2.45) is 17.6 Å². The lowest BCUT2D eigenvalue weighted by Gasteiger charge is -2.40. The zero-order valence-corrected chi connectivity index (χ0v) is 11.2. The van der Waals surface area contributed by atoms with Crippen molar-refractivity contribution < 1.29 is 4.79 Å². The average Bonchev–Trinajstić information content (AvgIpc) is 2.32. The number of carbonyl (C=O) groups is 1. The molecule has 0 aromatic rings. The van der Waals surface area contributed by atoms with Crippen molar-refractivity contribution in [1.29, 1.82) is 0 Å². The molecular formula is C14H26N2O. The maximum atomic E-state index is 12.5. The van der Waals surface area contributed by atoms with Gasteiger partial charge in [0.05, 0.1) is 0 Å². The van der Waals surface area contributed by atoms with E-state index in [4.69, 9.17) is 5.73 Å². The third-order valence-electron chi connectivity index (χ3n) is 4.52. The maximum absolute atomic E-state index is 12.5. The highest BCUT2D eigenvalue weighted by Gasteiger charge is 2.33. The van der Waals surface area contributed by atoms with Crippen LogP contribution in [-0.2, 0) is 4.79 Å². The van der Waals surface area contributed by atoms with E-state index >= 15 is 0 Å². The molecule has 3 nitrogen and oxygen atoms in total. The highest BCUT2D eigenvalue weighted by Crippen LogP contribution is 2.29. The maximum Gasteiger partial charge on any atom is 0.225 e. The zero-order valence-electron chi connectivity index (χ0n) is 11.2. The van der Waals surface area contributed by atoms with Gasteiger partial charge >= 0.3 is 0 Å². The van der Waals surface area contributed by atoms with Gasteiger partial charge in [0.15, 0.2) is 0 Å². The second kappa shape index (κ2) is 5.38. The van der Waals surface area contributed by atoms with E-state index in [1.807, 2.05) is 0 Å². The van der Waals surface area contributed by atoms with Crippen LogP contribution in [0.15, 0.2) is 0 Å². The molecule has 1 amide bonds. The molecule has 1 heterocycles. The molecule has 0 aromatic carbocycles. The Morgan fingerprint density at radius 1 is 1.06 bits per heavy atom. The molecule has 2 fully saturated rings. The summed E-state index contributed by atoms with van der Waals surface area (Å²) in [5, 5.41) is 0. The van der Waals surface area contributed by atoms with Gasteiger partial charge in [-0.15, -0.1) is 0 Å². The molecule has 0 spiro atoms. The fourth-order valence-electron chi connectivity index (χ4n) is 3.20. The normalized spacial score (nSPS) is 39.1. The first-order valence-corrected chi connectivity index (χ1v) is 7.14. The largest absolute Gasteiger partial charge is 0.339 e. The molecule has 2 aliphatic rings. The van der Waals surface area contributed by atoms with Crippen molar-refractivity contribution in [2.45, 2.75) is 64.5 Å². The molecule has 1 aliphatic carbocycles. The van der Waals surface area contributed by atoms with Crippen molar-refractivity contribution >= 4 is 5.91 Å². The van der Waals surface area contributed by atoms with Crippen molar-refractivity contribution in [2.75, 3.05) is 6.54 Å². The van der Waals surface area contributed by atoms with E-state index in [9.17, 15) is 4.79 Å². The first kappa shape index (κ1) is 12.9. The van der Waals surface area contributed by atoms with Gasteiger partial charge in [0.25, 0.3) is 0 Å². The van der Waals surface area contributed by atoms with Gasteiger partial charge in [0.2, 0.25) is 5.91 Å². The summed E-state index contributed by atoms with van der Waals surface area (Å²) >= 11 is 0. The number of amides is 1. The van der Waals surface area contributed by atoms with Crippen molar-refractivity contribution in [3.63, 3.8) is 0 Å². The summed E-state index contributed by atoms with van der Waals surface area (Å²) in [6, 6.07) is 0.769. The fourth-order valence-corrected chi connectivity index (χ4v) is 3.20. The molecule has 0 bridgehead atoms. The number of likely N-dealkylation sites (tertiary alicyclic amines) is 1. The topological polar surface area (TPSA) is 46.3 Å². The molecule has 1 saturated carbocycles.